The molecule has 2 N–H and O–H groups in total. The van der Waals surface area contributed by atoms with Gasteiger partial charge < -0.3 is 38.8 Å². The molecule has 0 aliphatic carbocycles. The smallest absolute Gasteiger partial charge is 0.223 e. The lowest BCUT2D eigenvalue weighted by Gasteiger charge is -2.50. The van der Waals surface area contributed by atoms with Gasteiger partial charge in [-0.3, -0.25) is 4.79 Å². The van der Waals surface area contributed by atoms with Gasteiger partial charge in [-0.15, -0.1) is 0 Å². The Balaban J connectivity index is 1.98. The maximum Gasteiger partial charge on any atom is 0.223 e. The Bertz CT molecular complexity index is 819. The largest absolute Gasteiger partial charge is 0.388 e. The monoisotopic (exact) mass is 675 g/mol. The van der Waals surface area contributed by atoms with Crippen molar-refractivity contribution in [1.29, 1.82) is 0 Å². The van der Waals surface area contributed by atoms with Crippen LogP contribution in [0.2, 0.25) is 51.4 Å². The summed E-state index contributed by atoms with van der Waals surface area (Å²) in [5.74, 6) is -1.05. The van der Waals surface area contributed by atoms with Gasteiger partial charge in [-0.1, -0.05) is 104 Å². The van der Waals surface area contributed by atoms with Gasteiger partial charge in [0.25, 0.3) is 0 Å². The van der Waals surface area contributed by atoms with Crippen LogP contribution >= 0.6 is 0 Å². The Hall–Kier alpha value is -0.376. The molecule has 1 unspecified atom stereocenters. The number of fused-ring (bicyclic) bond motifs is 1. The zero-order valence-electron chi connectivity index (χ0n) is 30.3. The number of aliphatic hydroxyl groups is 1. The molecule has 0 aromatic rings. The summed E-state index contributed by atoms with van der Waals surface area (Å²) < 4.78 is 36.3. The number of hydrogen-bond acceptors (Lipinski definition) is 8. The van der Waals surface area contributed by atoms with E-state index in [2.05, 4.69) is 51.5 Å². The fourth-order valence-electron chi connectivity index (χ4n) is 5.58. The summed E-state index contributed by atoms with van der Waals surface area (Å²) in [5, 5.41) is 14.5. The van der Waals surface area contributed by atoms with Gasteiger partial charge in [0.15, 0.2) is 12.1 Å². The summed E-state index contributed by atoms with van der Waals surface area (Å²) in [6, 6.07) is 1.25. The molecule has 2 aliphatic heterocycles. The Morgan fingerprint density at radius 1 is 0.933 bits per heavy atom. The third kappa shape index (κ3) is 17.6. The Morgan fingerprint density at radius 3 is 2.16 bits per heavy atom. The molecule has 45 heavy (non-hydrogen) atoms. The van der Waals surface area contributed by atoms with E-state index in [4.69, 9.17) is 28.4 Å². The first-order valence-corrected chi connectivity index (χ1v) is 25.3. The number of unbranched alkanes of at least 4 members (excludes halogenated alkanes) is 8. The van der Waals surface area contributed by atoms with Gasteiger partial charge in [0, 0.05) is 29.4 Å². The number of aliphatic hydroxyl groups excluding tert-OH is 1. The summed E-state index contributed by atoms with van der Waals surface area (Å²) in [5.41, 5.74) is 0. The molecular formula is C34H69NO8Si2. The van der Waals surface area contributed by atoms with E-state index in [0.29, 0.717) is 13.2 Å². The summed E-state index contributed by atoms with van der Waals surface area (Å²) >= 11 is 0. The van der Waals surface area contributed by atoms with Gasteiger partial charge in [0.1, 0.15) is 31.1 Å². The van der Waals surface area contributed by atoms with Crippen LogP contribution in [0.4, 0.5) is 0 Å². The number of nitrogens with one attached hydrogen (secondary N) is 1. The molecule has 0 bridgehead atoms. The summed E-state index contributed by atoms with van der Waals surface area (Å²) in [6.07, 6.45) is 8.98. The molecular weight excluding hydrogens is 607 g/mol. The summed E-state index contributed by atoms with van der Waals surface area (Å²) in [6.45, 7) is 21.4. The molecule has 0 saturated carbocycles. The number of carbonyl (C=O) groups is 1. The SMILES string of the molecule is CCCCCCCCCCCC(CC(=O)N[C@H]1[C@H](OCC[Si](C)(C)C)O[C@@H]2COC(C)(C)O[C@H]2[C@@H]1O)OCOCC[Si](C)(C)C. The van der Waals surface area contributed by atoms with E-state index in [1.807, 2.05) is 13.8 Å². The maximum atomic E-state index is 13.5. The highest BCUT2D eigenvalue weighted by Crippen LogP contribution is 2.33. The molecule has 0 aromatic heterocycles. The lowest BCUT2D eigenvalue weighted by Crippen LogP contribution is -2.68. The second-order valence-corrected chi connectivity index (χ2v) is 27.3. The normalized spacial score (nSPS) is 26.0. The number of ether oxygens (including phenoxy) is 6. The molecule has 0 aromatic carbocycles. The first-order valence-electron chi connectivity index (χ1n) is 17.9. The van der Waals surface area contributed by atoms with Crippen LogP contribution in [0.3, 0.4) is 0 Å². The average Bonchev–Trinajstić information content (AvgIpc) is 2.92. The topological polar surface area (TPSA) is 105 Å². The second kappa shape index (κ2) is 20.2. The van der Waals surface area contributed by atoms with Crippen molar-refractivity contribution >= 4 is 22.1 Å². The Morgan fingerprint density at radius 2 is 1.53 bits per heavy atom. The van der Waals surface area contributed by atoms with Gasteiger partial charge in [-0.05, 0) is 32.4 Å². The van der Waals surface area contributed by atoms with E-state index < -0.39 is 52.6 Å². The zero-order chi connectivity index (χ0) is 33.5. The molecule has 266 valence electrons. The lowest BCUT2D eigenvalue weighted by atomic mass is 9.95. The molecule has 1 amide bonds. The second-order valence-electron chi connectivity index (χ2n) is 16.0. The van der Waals surface area contributed by atoms with E-state index in [1.54, 1.807) is 0 Å². The molecule has 0 radical (unpaired) electrons. The van der Waals surface area contributed by atoms with Crippen molar-refractivity contribution in [2.24, 2.45) is 0 Å². The number of hydrogen-bond donors (Lipinski definition) is 2. The minimum atomic E-state index is -1.35. The fourth-order valence-corrected chi connectivity index (χ4v) is 7.07. The van der Waals surface area contributed by atoms with E-state index in [1.165, 1.54) is 44.9 Å². The number of amides is 1. The van der Waals surface area contributed by atoms with Gasteiger partial charge in [0.05, 0.1) is 19.1 Å². The minimum Gasteiger partial charge on any atom is -0.388 e. The standard InChI is InChI=1S/C34H69NO8Si2/c1-10-11-12-13-14-15-16-17-18-19-27(40-26-38-20-22-44(4,5)6)24-29(36)35-30-31(37)32-28(25-41-34(2,3)43-32)42-33(30)39-21-23-45(7,8)9/h27-28,30-33,37H,10-26H2,1-9H3,(H,35,36)/t27?,28-,30-,31-,32-,33-/m1/s1. The van der Waals surface area contributed by atoms with Crippen molar-refractivity contribution < 1.29 is 38.3 Å². The molecule has 6 atom stereocenters. The third-order valence-corrected chi connectivity index (χ3v) is 12.0. The first kappa shape index (κ1) is 40.8. The molecule has 2 rings (SSSR count). The Kier molecular flexibility index (Phi) is 18.3. The Labute approximate surface area is 277 Å². The van der Waals surface area contributed by atoms with E-state index in [9.17, 15) is 9.90 Å². The van der Waals surface area contributed by atoms with Crippen LogP contribution in [0.25, 0.3) is 0 Å². The molecule has 2 aliphatic rings. The quantitative estimate of drug-likeness (QED) is 0.0674. The third-order valence-electron chi connectivity index (χ3n) is 8.58. The fraction of sp³-hybridized carbons (Fsp3) is 0.971. The van der Waals surface area contributed by atoms with Crippen LogP contribution in [0.5, 0.6) is 0 Å². The summed E-state index contributed by atoms with van der Waals surface area (Å²) in [4.78, 5) is 13.5. The van der Waals surface area contributed by atoms with Gasteiger partial charge >= 0.3 is 0 Å². The predicted molar refractivity (Wildman–Crippen MR) is 186 cm³/mol. The molecule has 2 saturated heterocycles. The first-order chi connectivity index (χ1) is 21.1. The zero-order valence-corrected chi connectivity index (χ0v) is 32.3. The lowest BCUT2D eigenvalue weighted by molar-refractivity contribution is -0.368. The summed E-state index contributed by atoms with van der Waals surface area (Å²) in [7, 11) is -2.55. The van der Waals surface area contributed by atoms with E-state index in [-0.39, 0.29) is 31.8 Å². The van der Waals surface area contributed by atoms with Gasteiger partial charge in [-0.2, -0.15) is 0 Å². The van der Waals surface area contributed by atoms with Crippen molar-refractivity contribution in [3.8, 4) is 0 Å². The van der Waals surface area contributed by atoms with Crippen molar-refractivity contribution in [3.63, 3.8) is 0 Å². The van der Waals surface area contributed by atoms with Crippen LogP contribution in [0.15, 0.2) is 0 Å². The number of rotatable bonds is 23. The van der Waals surface area contributed by atoms with Crippen molar-refractivity contribution in [2.45, 2.75) is 185 Å². The molecule has 11 heteroatoms. The van der Waals surface area contributed by atoms with E-state index in [0.717, 1.165) is 31.4 Å². The molecule has 2 fully saturated rings. The predicted octanol–water partition coefficient (Wildman–Crippen LogP) is 7.07. The molecule has 0 spiro atoms. The van der Waals surface area contributed by atoms with Crippen LogP contribution < -0.4 is 5.32 Å². The highest BCUT2D eigenvalue weighted by molar-refractivity contribution is 6.76. The van der Waals surface area contributed by atoms with Gasteiger partial charge in [-0.25, -0.2) is 0 Å². The van der Waals surface area contributed by atoms with Gasteiger partial charge in [0.2, 0.25) is 5.91 Å². The van der Waals surface area contributed by atoms with Crippen LogP contribution in [-0.2, 0) is 33.2 Å². The highest BCUT2D eigenvalue weighted by Gasteiger charge is 2.51. The van der Waals surface area contributed by atoms with Crippen molar-refractivity contribution in [1.82, 2.24) is 5.32 Å². The van der Waals surface area contributed by atoms with Crippen LogP contribution in [0.1, 0.15) is 91.4 Å². The molecule has 2 heterocycles. The molecule has 9 nitrogen and oxygen atoms in total. The van der Waals surface area contributed by atoms with Crippen LogP contribution in [-0.4, -0.2) is 96.3 Å². The minimum absolute atomic E-state index is 0.183. The maximum absolute atomic E-state index is 13.5. The number of carbonyl (C=O) groups excluding carboxylic acids is 1. The van der Waals surface area contributed by atoms with Crippen molar-refractivity contribution in [2.75, 3.05) is 26.6 Å². The van der Waals surface area contributed by atoms with E-state index >= 15 is 0 Å². The average molecular weight is 676 g/mol. The highest BCUT2D eigenvalue weighted by atomic mass is 28.3. The van der Waals surface area contributed by atoms with Crippen LogP contribution in [0, 0.1) is 0 Å². The van der Waals surface area contributed by atoms with Crippen molar-refractivity contribution in [3.05, 3.63) is 0 Å².